The highest BCUT2D eigenvalue weighted by molar-refractivity contribution is 5.86. The molecule has 0 spiro atoms. The van der Waals surface area contributed by atoms with E-state index in [0.29, 0.717) is 10.9 Å². The first kappa shape index (κ1) is 9.45. The van der Waals surface area contributed by atoms with Crippen molar-refractivity contribution in [2.45, 2.75) is 6.92 Å². The number of nitrogens with one attached hydrogen (secondary N) is 1. The van der Waals surface area contributed by atoms with Gasteiger partial charge in [-0.3, -0.25) is 9.59 Å². The molecule has 0 aliphatic heterocycles. The fourth-order valence-corrected chi connectivity index (χ4v) is 1.49. The number of rotatable bonds is 0. The largest absolute Gasteiger partial charge is 0.507 e. The second-order valence-corrected chi connectivity index (χ2v) is 3.35. The number of hydrogen-bond donors (Lipinski definition) is 2. The molecule has 4 nitrogen and oxygen atoms in total. The third-order valence-electron chi connectivity index (χ3n) is 2.28. The molecule has 0 atom stereocenters. The van der Waals surface area contributed by atoms with Crippen molar-refractivity contribution in [3.63, 3.8) is 0 Å². The highest BCUT2D eigenvalue weighted by Crippen LogP contribution is 2.21. The standard InChI is InChI=1S/C11H9NO3/c1-6-3-2-4-7-8(13)5-9(14)11(15)12-10(6)7/h2-5,13H,1H3,(H,12,14,15). The molecule has 0 radical (unpaired) electrons. The summed E-state index contributed by atoms with van der Waals surface area (Å²) in [4.78, 5) is 24.9. The summed E-state index contributed by atoms with van der Waals surface area (Å²) in [6.07, 6.45) is 0. The van der Waals surface area contributed by atoms with Crippen molar-refractivity contribution in [1.82, 2.24) is 4.98 Å². The molecule has 2 rings (SSSR count). The maximum absolute atomic E-state index is 11.3. The Labute approximate surface area is 84.8 Å². The first-order valence-electron chi connectivity index (χ1n) is 4.45. The van der Waals surface area contributed by atoms with Crippen LogP contribution in [-0.2, 0) is 0 Å². The van der Waals surface area contributed by atoms with Gasteiger partial charge in [0.15, 0.2) is 0 Å². The van der Waals surface area contributed by atoms with E-state index >= 15 is 0 Å². The van der Waals surface area contributed by atoms with Gasteiger partial charge in [0, 0.05) is 11.5 Å². The average Bonchev–Trinajstić information content (AvgIpc) is 2.29. The lowest BCUT2D eigenvalue weighted by Crippen LogP contribution is -2.22. The van der Waals surface area contributed by atoms with Crippen LogP contribution in [0.15, 0.2) is 33.9 Å². The monoisotopic (exact) mass is 203 g/mol. The molecule has 0 fully saturated rings. The lowest BCUT2D eigenvalue weighted by molar-refractivity contribution is 0.481. The maximum Gasteiger partial charge on any atom is 0.296 e. The van der Waals surface area contributed by atoms with E-state index in [2.05, 4.69) is 4.98 Å². The van der Waals surface area contributed by atoms with Crippen molar-refractivity contribution in [3.8, 4) is 5.75 Å². The molecule has 0 saturated heterocycles. The van der Waals surface area contributed by atoms with Gasteiger partial charge in [0.25, 0.3) is 5.56 Å². The van der Waals surface area contributed by atoms with E-state index in [9.17, 15) is 14.7 Å². The minimum absolute atomic E-state index is 0.183. The van der Waals surface area contributed by atoms with Gasteiger partial charge in [-0.15, -0.1) is 0 Å². The zero-order chi connectivity index (χ0) is 11.0. The van der Waals surface area contributed by atoms with Crippen molar-refractivity contribution >= 4 is 10.9 Å². The van der Waals surface area contributed by atoms with Crippen LogP contribution in [0.3, 0.4) is 0 Å². The van der Waals surface area contributed by atoms with Gasteiger partial charge in [-0.05, 0) is 18.6 Å². The Balaban J connectivity index is 3.17. The third-order valence-corrected chi connectivity index (χ3v) is 2.28. The SMILES string of the molecule is Cc1cccc2c(O)cc(=O)c(=O)[nH]c12. The van der Waals surface area contributed by atoms with Crippen LogP contribution in [-0.4, -0.2) is 10.1 Å². The van der Waals surface area contributed by atoms with Crippen LogP contribution in [0.25, 0.3) is 10.9 Å². The number of para-hydroxylation sites is 1. The van der Waals surface area contributed by atoms with Crippen LogP contribution in [0.4, 0.5) is 0 Å². The van der Waals surface area contributed by atoms with E-state index in [4.69, 9.17) is 0 Å². The van der Waals surface area contributed by atoms with Crippen molar-refractivity contribution in [3.05, 3.63) is 50.4 Å². The minimum Gasteiger partial charge on any atom is -0.507 e. The van der Waals surface area contributed by atoms with Crippen molar-refractivity contribution in [2.24, 2.45) is 0 Å². The molecular weight excluding hydrogens is 194 g/mol. The number of hydrogen-bond acceptors (Lipinski definition) is 3. The summed E-state index contributed by atoms with van der Waals surface area (Å²) < 4.78 is 0. The lowest BCUT2D eigenvalue weighted by atomic mass is 10.1. The third kappa shape index (κ3) is 1.50. The summed E-state index contributed by atoms with van der Waals surface area (Å²) in [7, 11) is 0. The summed E-state index contributed by atoms with van der Waals surface area (Å²) in [5.41, 5.74) is -0.185. The second kappa shape index (κ2) is 3.24. The Bertz CT molecular complexity index is 643. The van der Waals surface area contributed by atoms with Gasteiger partial charge in [-0.1, -0.05) is 12.1 Å². The van der Waals surface area contributed by atoms with Gasteiger partial charge in [0.2, 0.25) is 5.43 Å². The van der Waals surface area contributed by atoms with Gasteiger partial charge in [-0.2, -0.15) is 0 Å². The molecular formula is C11H9NO3. The van der Waals surface area contributed by atoms with E-state index in [1.807, 2.05) is 0 Å². The van der Waals surface area contributed by atoms with Crippen LogP contribution >= 0.6 is 0 Å². The molecule has 1 aromatic heterocycles. The second-order valence-electron chi connectivity index (χ2n) is 3.35. The molecule has 4 heteroatoms. The topological polar surface area (TPSA) is 70.2 Å². The predicted octanol–water partition coefficient (Wildman–Crippen LogP) is 0.902. The molecule has 0 aliphatic rings. The molecule has 2 aromatic rings. The van der Waals surface area contributed by atoms with Gasteiger partial charge in [0.05, 0.1) is 5.52 Å². The summed E-state index contributed by atoms with van der Waals surface area (Å²) in [6, 6.07) is 6.12. The molecule has 1 aromatic carbocycles. The highest BCUT2D eigenvalue weighted by atomic mass is 16.3. The van der Waals surface area contributed by atoms with Crippen molar-refractivity contribution in [2.75, 3.05) is 0 Å². The summed E-state index contributed by atoms with van der Waals surface area (Å²) >= 11 is 0. The van der Waals surface area contributed by atoms with E-state index < -0.39 is 11.0 Å². The van der Waals surface area contributed by atoms with E-state index in [1.54, 1.807) is 25.1 Å². The Hall–Kier alpha value is -2.10. The average molecular weight is 203 g/mol. The first-order chi connectivity index (χ1) is 7.09. The molecule has 0 saturated carbocycles. The van der Waals surface area contributed by atoms with E-state index in [0.717, 1.165) is 11.6 Å². The number of aromatic hydroxyl groups is 1. The van der Waals surface area contributed by atoms with Gasteiger partial charge in [-0.25, -0.2) is 0 Å². The quantitative estimate of drug-likeness (QED) is 0.625. The summed E-state index contributed by atoms with van der Waals surface area (Å²) in [6.45, 7) is 1.79. The smallest absolute Gasteiger partial charge is 0.296 e. The number of H-pyrrole nitrogens is 1. The molecule has 15 heavy (non-hydrogen) atoms. The Morgan fingerprint density at radius 2 is 2.00 bits per heavy atom. The Morgan fingerprint density at radius 3 is 2.73 bits per heavy atom. The van der Waals surface area contributed by atoms with Crippen LogP contribution in [0.2, 0.25) is 0 Å². The normalized spacial score (nSPS) is 10.5. The molecule has 76 valence electrons. The maximum atomic E-state index is 11.3. The summed E-state index contributed by atoms with van der Waals surface area (Å²) in [5, 5.41) is 10.1. The lowest BCUT2D eigenvalue weighted by Gasteiger charge is -1.97. The van der Waals surface area contributed by atoms with Crippen LogP contribution in [0, 0.1) is 6.92 Å². The predicted molar refractivity (Wildman–Crippen MR) is 57.2 cm³/mol. The fourth-order valence-electron chi connectivity index (χ4n) is 1.49. The minimum atomic E-state index is -0.747. The number of aryl methyl sites for hydroxylation is 1. The number of benzene rings is 1. The molecule has 0 amide bonds. The van der Waals surface area contributed by atoms with E-state index in [-0.39, 0.29) is 5.75 Å². The highest BCUT2D eigenvalue weighted by Gasteiger charge is 2.03. The molecule has 0 bridgehead atoms. The van der Waals surface area contributed by atoms with E-state index in [1.165, 1.54) is 0 Å². The first-order valence-corrected chi connectivity index (χ1v) is 4.45. The fraction of sp³-hybridized carbons (Fsp3) is 0.0909. The number of aromatic nitrogens is 1. The van der Waals surface area contributed by atoms with Crippen LogP contribution in [0.1, 0.15) is 5.56 Å². The number of aromatic amines is 1. The Kier molecular flexibility index (Phi) is 2.04. The zero-order valence-corrected chi connectivity index (χ0v) is 8.07. The molecule has 0 aliphatic carbocycles. The molecule has 1 heterocycles. The Morgan fingerprint density at radius 1 is 1.27 bits per heavy atom. The van der Waals surface area contributed by atoms with Gasteiger partial charge >= 0.3 is 0 Å². The van der Waals surface area contributed by atoms with Gasteiger partial charge in [0.1, 0.15) is 5.75 Å². The molecule has 0 unspecified atom stereocenters. The van der Waals surface area contributed by atoms with Crippen LogP contribution in [0.5, 0.6) is 5.75 Å². The number of fused-ring (bicyclic) bond motifs is 1. The van der Waals surface area contributed by atoms with Crippen LogP contribution < -0.4 is 11.0 Å². The van der Waals surface area contributed by atoms with Gasteiger partial charge < -0.3 is 10.1 Å². The van der Waals surface area contributed by atoms with Crippen molar-refractivity contribution < 1.29 is 5.11 Å². The molecule has 2 N–H and O–H groups in total. The summed E-state index contributed by atoms with van der Waals surface area (Å²) in [5.74, 6) is -0.183. The zero-order valence-electron chi connectivity index (χ0n) is 8.07. The van der Waals surface area contributed by atoms with Crippen molar-refractivity contribution in [1.29, 1.82) is 0 Å².